The minimum atomic E-state index is -0.548. The molecule has 1 atom stereocenters. The summed E-state index contributed by atoms with van der Waals surface area (Å²) in [5.74, 6) is -0.375. The molecule has 1 aromatic rings. The molecule has 0 aliphatic heterocycles. The van der Waals surface area contributed by atoms with E-state index in [-0.39, 0.29) is 5.97 Å². The number of esters is 1. The number of hydrogen-bond donors (Lipinski definition) is 2. The van der Waals surface area contributed by atoms with Crippen molar-refractivity contribution in [2.75, 3.05) is 7.11 Å². The predicted molar refractivity (Wildman–Crippen MR) is 46.9 cm³/mol. The lowest BCUT2D eigenvalue weighted by molar-refractivity contribution is -0.142. The molecule has 3 N–H and O–H groups in total. The van der Waals surface area contributed by atoms with Crippen LogP contribution in [0.1, 0.15) is 12.1 Å². The van der Waals surface area contributed by atoms with Gasteiger partial charge in [0, 0.05) is 11.9 Å². The number of aromatic nitrogens is 2. The van der Waals surface area contributed by atoms with Gasteiger partial charge < -0.3 is 15.5 Å². The number of nitrogens with one attached hydrogen (secondary N) is 1. The summed E-state index contributed by atoms with van der Waals surface area (Å²) in [5.41, 5.74) is 6.51. The van der Waals surface area contributed by atoms with Crippen molar-refractivity contribution in [2.45, 2.75) is 18.9 Å². The van der Waals surface area contributed by atoms with Crippen molar-refractivity contribution >= 4 is 5.97 Å². The van der Waals surface area contributed by atoms with Crippen molar-refractivity contribution in [2.24, 2.45) is 5.73 Å². The maximum atomic E-state index is 10.9. The first-order valence-corrected chi connectivity index (χ1v) is 4.04. The van der Waals surface area contributed by atoms with Crippen LogP contribution in [0.4, 0.5) is 0 Å². The molecule has 1 aromatic heterocycles. The lowest BCUT2D eigenvalue weighted by Gasteiger charge is -2.07. The first-order chi connectivity index (χ1) is 6.24. The number of methoxy groups -OCH3 is 1. The molecule has 72 valence electrons. The highest BCUT2D eigenvalue weighted by molar-refractivity contribution is 5.75. The number of aryl methyl sites for hydroxylation is 1. The maximum Gasteiger partial charge on any atom is 0.322 e. The van der Waals surface area contributed by atoms with Gasteiger partial charge in [0.15, 0.2) is 0 Å². The molecule has 0 bridgehead atoms. The van der Waals surface area contributed by atoms with Gasteiger partial charge >= 0.3 is 5.97 Å². The number of ether oxygens (including phenoxy) is 1. The van der Waals surface area contributed by atoms with Crippen molar-refractivity contribution in [3.63, 3.8) is 0 Å². The van der Waals surface area contributed by atoms with Gasteiger partial charge in [-0.05, 0) is 12.8 Å². The van der Waals surface area contributed by atoms with Crippen LogP contribution in [0.2, 0.25) is 0 Å². The average Bonchev–Trinajstić information content (AvgIpc) is 2.65. The molecule has 0 spiro atoms. The summed E-state index contributed by atoms with van der Waals surface area (Å²) in [7, 11) is 1.33. The number of rotatable bonds is 4. The lowest BCUT2D eigenvalue weighted by Crippen LogP contribution is -2.31. The van der Waals surface area contributed by atoms with E-state index in [0.29, 0.717) is 12.8 Å². The molecular weight excluding hydrogens is 170 g/mol. The predicted octanol–water partition coefficient (Wildman–Crippen LogP) is -0.157. The number of nitrogens with two attached hydrogens (primary N) is 1. The monoisotopic (exact) mass is 183 g/mol. The highest BCUT2D eigenvalue weighted by atomic mass is 16.5. The van der Waals surface area contributed by atoms with Gasteiger partial charge in [-0.25, -0.2) is 4.98 Å². The van der Waals surface area contributed by atoms with Crippen LogP contribution in [0, 0.1) is 0 Å². The molecule has 0 aliphatic rings. The number of carbonyl (C=O) groups is 1. The van der Waals surface area contributed by atoms with Crippen LogP contribution in [0.25, 0.3) is 0 Å². The Hall–Kier alpha value is -1.36. The van der Waals surface area contributed by atoms with E-state index in [0.717, 1.165) is 5.69 Å². The topological polar surface area (TPSA) is 81.0 Å². The molecule has 5 nitrogen and oxygen atoms in total. The smallest absolute Gasteiger partial charge is 0.322 e. The number of H-pyrrole nitrogens is 1. The molecule has 0 radical (unpaired) electrons. The first-order valence-electron chi connectivity index (χ1n) is 4.04. The standard InChI is InChI=1S/C8H13N3O2/c1-13-8(12)7(9)3-2-6-4-10-5-11-6/h4-5,7H,2-3,9H2,1H3,(H,10,11)/t7-/m0/s1. The number of aromatic amines is 1. The Labute approximate surface area is 76.3 Å². The van der Waals surface area contributed by atoms with Crippen LogP contribution < -0.4 is 5.73 Å². The molecule has 1 heterocycles. The Morgan fingerprint density at radius 2 is 2.62 bits per heavy atom. The molecule has 0 amide bonds. The van der Waals surface area contributed by atoms with E-state index in [9.17, 15) is 4.79 Å². The fourth-order valence-electron chi connectivity index (χ4n) is 1.00. The van der Waals surface area contributed by atoms with Crippen LogP contribution >= 0.6 is 0 Å². The van der Waals surface area contributed by atoms with Crippen molar-refractivity contribution in [3.05, 3.63) is 18.2 Å². The minimum absolute atomic E-state index is 0.375. The zero-order valence-electron chi connectivity index (χ0n) is 7.49. The minimum Gasteiger partial charge on any atom is -0.468 e. The summed E-state index contributed by atoms with van der Waals surface area (Å²) in [6, 6.07) is -0.548. The van der Waals surface area contributed by atoms with Gasteiger partial charge in [-0.15, -0.1) is 0 Å². The second kappa shape index (κ2) is 4.61. The largest absolute Gasteiger partial charge is 0.468 e. The van der Waals surface area contributed by atoms with Crippen LogP contribution in [-0.4, -0.2) is 29.1 Å². The molecule has 5 heteroatoms. The third-order valence-corrected chi connectivity index (χ3v) is 1.78. The molecule has 0 fully saturated rings. The van der Waals surface area contributed by atoms with E-state index in [1.165, 1.54) is 7.11 Å². The molecule has 0 aromatic carbocycles. The van der Waals surface area contributed by atoms with Crippen molar-refractivity contribution < 1.29 is 9.53 Å². The zero-order chi connectivity index (χ0) is 9.68. The third kappa shape index (κ3) is 2.87. The number of nitrogens with zero attached hydrogens (tertiary/aromatic N) is 1. The number of hydrogen-bond acceptors (Lipinski definition) is 4. The Morgan fingerprint density at radius 1 is 1.85 bits per heavy atom. The Balaban J connectivity index is 2.30. The summed E-state index contributed by atoms with van der Waals surface area (Å²) in [6.07, 6.45) is 4.58. The Bertz CT molecular complexity index is 258. The van der Waals surface area contributed by atoms with Crippen molar-refractivity contribution in [1.82, 2.24) is 9.97 Å². The van der Waals surface area contributed by atoms with Gasteiger partial charge in [-0.3, -0.25) is 4.79 Å². The van der Waals surface area contributed by atoms with Gasteiger partial charge in [0.25, 0.3) is 0 Å². The zero-order valence-corrected chi connectivity index (χ0v) is 7.49. The summed E-state index contributed by atoms with van der Waals surface area (Å²) >= 11 is 0. The van der Waals surface area contributed by atoms with Gasteiger partial charge in [0.1, 0.15) is 6.04 Å². The van der Waals surface area contributed by atoms with E-state index in [2.05, 4.69) is 14.7 Å². The second-order valence-electron chi connectivity index (χ2n) is 2.75. The second-order valence-corrected chi connectivity index (χ2v) is 2.75. The van der Waals surface area contributed by atoms with E-state index >= 15 is 0 Å². The molecule has 0 saturated heterocycles. The molecule has 1 rings (SSSR count). The highest BCUT2D eigenvalue weighted by Crippen LogP contribution is 2.00. The van der Waals surface area contributed by atoms with Gasteiger partial charge in [-0.1, -0.05) is 0 Å². The molecule has 0 unspecified atom stereocenters. The SMILES string of the molecule is COC(=O)[C@@H](N)CCc1cnc[nH]1. The Kier molecular flexibility index (Phi) is 3.45. The highest BCUT2D eigenvalue weighted by Gasteiger charge is 2.13. The summed E-state index contributed by atoms with van der Waals surface area (Å²) < 4.78 is 4.49. The molecule has 13 heavy (non-hydrogen) atoms. The molecule has 0 aliphatic carbocycles. The van der Waals surface area contributed by atoms with Crippen molar-refractivity contribution in [3.8, 4) is 0 Å². The van der Waals surface area contributed by atoms with E-state index in [1.807, 2.05) is 0 Å². The Morgan fingerprint density at radius 3 is 3.15 bits per heavy atom. The van der Waals surface area contributed by atoms with E-state index < -0.39 is 6.04 Å². The fourth-order valence-corrected chi connectivity index (χ4v) is 1.00. The normalized spacial score (nSPS) is 12.5. The van der Waals surface area contributed by atoms with Crippen LogP contribution in [0.15, 0.2) is 12.5 Å². The van der Waals surface area contributed by atoms with Gasteiger partial charge in [-0.2, -0.15) is 0 Å². The summed E-state index contributed by atoms with van der Waals surface area (Å²) in [6.45, 7) is 0. The fraction of sp³-hybridized carbons (Fsp3) is 0.500. The van der Waals surface area contributed by atoms with Crippen molar-refractivity contribution in [1.29, 1.82) is 0 Å². The first kappa shape index (κ1) is 9.73. The third-order valence-electron chi connectivity index (χ3n) is 1.78. The van der Waals surface area contributed by atoms with Gasteiger partial charge in [0.2, 0.25) is 0 Å². The quantitative estimate of drug-likeness (QED) is 0.636. The molecular formula is C8H13N3O2. The van der Waals surface area contributed by atoms with Crippen LogP contribution in [0.3, 0.4) is 0 Å². The van der Waals surface area contributed by atoms with E-state index in [4.69, 9.17) is 5.73 Å². The summed E-state index contributed by atoms with van der Waals surface area (Å²) in [4.78, 5) is 17.7. The average molecular weight is 183 g/mol. The summed E-state index contributed by atoms with van der Waals surface area (Å²) in [5, 5.41) is 0. The lowest BCUT2D eigenvalue weighted by atomic mass is 10.1. The van der Waals surface area contributed by atoms with E-state index in [1.54, 1.807) is 12.5 Å². The van der Waals surface area contributed by atoms with Crippen LogP contribution in [-0.2, 0) is 16.0 Å². The number of imidazole rings is 1. The van der Waals surface area contributed by atoms with Gasteiger partial charge in [0.05, 0.1) is 13.4 Å². The maximum absolute atomic E-state index is 10.9. The van der Waals surface area contributed by atoms with Crippen LogP contribution in [0.5, 0.6) is 0 Å². The number of carbonyl (C=O) groups excluding carboxylic acids is 1. The molecule has 0 saturated carbocycles.